The Hall–Kier alpha value is -1.67. The first-order valence-electron chi connectivity index (χ1n) is 8.38. The second-order valence-electron chi connectivity index (χ2n) is 6.16. The number of carbonyl (C=O) groups excluding carboxylic acids is 4. The highest BCUT2D eigenvalue weighted by atomic mass is 33.1. The van der Waals surface area contributed by atoms with E-state index in [0.29, 0.717) is 30.9 Å². The van der Waals surface area contributed by atoms with E-state index in [9.17, 15) is 27.6 Å². The largest absolute Gasteiger partial charge is 0.355 e. The van der Waals surface area contributed by atoms with Crippen molar-refractivity contribution in [1.29, 1.82) is 0 Å². The molecule has 1 N–H and O–H groups in total. The lowest BCUT2D eigenvalue weighted by Gasteiger charge is -2.12. The molecule has 28 heavy (non-hydrogen) atoms. The maximum absolute atomic E-state index is 11.7. The Labute approximate surface area is 170 Å². The average molecular weight is 453 g/mol. The number of thiol groups is 1. The lowest BCUT2D eigenvalue weighted by molar-refractivity contribution is -0.197. The van der Waals surface area contributed by atoms with Crippen molar-refractivity contribution in [2.45, 2.75) is 43.5 Å². The highest BCUT2D eigenvalue weighted by Crippen LogP contribution is 2.31. The second-order valence-corrected chi connectivity index (χ2v) is 10.1. The van der Waals surface area contributed by atoms with Crippen LogP contribution in [-0.4, -0.2) is 66.1 Å². The topological polar surface area (TPSA) is 152 Å². The van der Waals surface area contributed by atoms with Crippen molar-refractivity contribution in [2.24, 2.45) is 10.2 Å². The molecule has 3 amide bonds. The van der Waals surface area contributed by atoms with E-state index in [-0.39, 0.29) is 23.1 Å². The van der Waals surface area contributed by atoms with Crippen LogP contribution in [0.25, 0.3) is 0 Å². The van der Waals surface area contributed by atoms with Crippen molar-refractivity contribution < 1.29 is 32.4 Å². The molecular formula is C14H20N4O7S3. The summed E-state index contributed by atoms with van der Waals surface area (Å²) in [6.07, 6.45) is 0.393. The van der Waals surface area contributed by atoms with Gasteiger partial charge < -0.3 is 10.2 Å². The van der Waals surface area contributed by atoms with Crippen LogP contribution in [0.1, 0.15) is 32.6 Å². The van der Waals surface area contributed by atoms with Gasteiger partial charge in [-0.1, -0.05) is 21.6 Å². The quantitative estimate of drug-likeness (QED) is 0.181. The summed E-state index contributed by atoms with van der Waals surface area (Å²) in [5, 5.41) is 9.21. The van der Waals surface area contributed by atoms with Crippen LogP contribution in [0.5, 0.6) is 0 Å². The number of hydrogen-bond acceptors (Lipinski definition) is 11. The summed E-state index contributed by atoms with van der Waals surface area (Å²) < 4.78 is 21.7. The first-order chi connectivity index (χ1) is 13.2. The minimum Gasteiger partial charge on any atom is -0.355 e. The average Bonchev–Trinajstić information content (AvgIpc) is 3.31. The number of carbonyl (C=O) groups is 4. The van der Waals surface area contributed by atoms with E-state index in [1.54, 1.807) is 0 Å². The van der Waals surface area contributed by atoms with Gasteiger partial charge >= 0.3 is 5.97 Å². The molecule has 156 valence electrons. The van der Waals surface area contributed by atoms with Crippen LogP contribution in [0.3, 0.4) is 0 Å². The van der Waals surface area contributed by atoms with Gasteiger partial charge in [0, 0.05) is 30.9 Å². The summed E-state index contributed by atoms with van der Waals surface area (Å²) in [7, 11) is -0.273. The third-order valence-corrected chi connectivity index (χ3v) is 7.10. The molecule has 2 rings (SSSR count). The zero-order valence-electron chi connectivity index (χ0n) is 15.0. The second kappa shape index (κ2) is 10.2. The van der Waals surface area contributed by atoms with Crippen molar-refractivity contribution in [1.82, 2.24) is 10.4 Å². The Kier molecular flexibility index (Phi) is 8.24. The summed E-state index contributed by atoms with van der Waals surface area (Å²) in [4.78, 5) is 51.2. The molecule has 0 radical (unpaired) electrons. The minimum absolute atomic E-state index is 0.0547. The lowest BCUT2D eigenvalue weighted by atomic mass is 10.1. The lowest BCUT2D eigenvalue weighted by Crippen LogP contribution is -2.34. The van der Waals surface area contributed by atoms with Gasteiger partial charge in [-0.05, 0) is 6.92 Å². The standard InChI is InChI=1S/C14H20N4O7S3/c1-14(16-17-14)4-2-10(19)15-5-7-27-26-6-3-12(21)25-18-11(20)8-9(13(18)22)28(23)24/h9,28H,2-8H2,1H3,(H,15,19). The van der Waals surface area contributed by atoms with E-state index < -0.39 is 40.2 Å². The normalized spacial score (nSPS) is 19.9. The van der Waals surface area contributed by atoms with E-state index in [1.807, 2.05) is 6.92 Å². The summed E-state index contributed by atoms with van der Waals surface area (Å²) in [5.74, 6) is -1.74. The van der Waals surface area contributed by atoms with Gasteiger partial charge in [-0.2, -0.15) is 10.2 Å². The summed E-state index contributed by atoms with van der Waals surface area (Å²) in [6.45, 7) is 2.34. The van der Waals surface area contributed by atoms with Gasteiger partial charge in [0.05, 0.1) is 12.8 Å². The van der Waals surface area contributed by atoms with Crippen molar-refractivity contribution >= 4 is 56.0 Å². The predicted octanol–water partition coefficient (Wildman–Crippen LogP) is 0.0334. The van der Waals surface area contributed by atoms with Gasteiger partial charge in [-0.3, -0.25) is 14.4 Å². The predicted molar refractivity (Wildman–Crippen MR) is 102 cm³/mol. The highest BCUT2D eigenvalue weighted by Gasteiger charge is 2.43. The van der Waals surface area contributed by atoms with Crippen LogP contribution >= 0.6 is 21.6 Å². The summed E-state index contributed by atoms with van der Waals surface area (Å²) in [6, 6.07) is 0. The SMILES string of the molecule is CC1(CCC(=O)NCCSSCCC(=O)ON2C(=O)CC([SH](=O)=O)C2=O)N=N1. The fraction of sp³-hybridized carbons (Fsp3) is 0.714. The fourth-order valence-electron chi connectivity index (χ4n) is 2.10. The third-order valence-electron chi connectivity index (χ3n) is 3.77. The molecular weight excluding hydrogens is 432 g/mol. The molecule has 0 aliphatic carbocycles. The molecule has 0 saturated carbocycles. The number of nitrogens with one attached hydrogen (secondary N) is 1. The number of hydrogen-bond donors (Lipinski definition) is 2. The van der Waals surface area contributed by atoms with E-state index in [2.05, 4.69) is 20.4 Å². The molecule has 11 nitrogen and oxygen atoms in total. The van der Waals surface area contributed by atoms with E-state index in [4.69, 9.17) is 0 Å². The molecule has 1 atom stereocenters. The molecule has 0 aromatic carbocycles. The summed E-state index contributed by atoms with van der Waals surface area (Å²) in [5.41, 5.74) is -0.381. The van der Waals surface area contributed by atoms with Crippen molar-refractivity contribution in [2.75, 3.05) is 18.1 Å². The number of amides is 3. The molecule has 2 heterocycles. The van der Waals surface area contributed by atoms with Crippen molar-refractivity contribution in [3.8, 4) is 0 Å². The van der Waals surface area contributed by atoms with Crippen LogP contribution in [0, 0.1) is 0 Å². The minimum atomic E-state index is -3.10. The van der Waals surface area contributed by atoms with Gasteiger partial charge in [0.2, 0.25) is 5.91 Å². The molecule has 14 heteroatoms. The summed E-state index contributed by atoms with van der Waals surface area (Å²) >= 11 is 0. The molecule has 2 aliphatic rings. The molecule has 1 unspecified atom stereocenters. The van der Waals surface area contributed by atoms with E-state index >= 15 is 0 Å². The first-order valence-corrected chi connectivity index (χ1v) is 12.1. The third kappa shape index (κ3) is 7.05. The van der Waals surface area contributed by atoms with Crippen LogP contribution in [0.2, 0.25) is 0 Å². The monoisotopic (exact) mass is 452 g/mol. The van der Waals surface area contributed by atoms with Crippen molar-refractivity contribution in [3.63, 3.8) is 0 Å². The Bertz CT molecular complexity index is 741. The zero-order chi connectivity index (χ0) is 20.7. The highest BCUT2D eigenvalue weighted by molar-refractivity contribution is 8.76. The van der Waals surface area contributed by atoms with Gasteiger partial charge in [0.15, 0.2) is 16.4 Å². The number of hydroxylamine groups is 2. The van der Waals surface area contributed by atoms with Gasteiger partial charge in [-0.25, -0.2) is 13.2 Å². The van der Waals surface area contributed by atoms with Crippen LogP contribution in [0.4, 0.5) is 0 Å². The number of rotatable bonds is 12. The molecule has 1 saturated heterocycles. The zero-order valence-corrected chi connectivity index (χ0v) is 17.5. The van der Waals surface area contributed by atoms with Gasteiger partial charge in [0.25, 0.3) is 11.8 Å². The molecule has 0 bridgehead atoms. The van der Waals surface area contributed by atoms with E-state index in [1.165, 1.54) is 21.6 Å². The fourth-order valence-corrected chi connectivity index (χ4v) is 4.57. The molecule has 0 aromatic rings. The Morgan fingerprint density at radius 1 is 1.25 bits per heavy atom. The maximum Gasteiger partial charge on any atom is 0.334 e. The number of imide groups is 1. The molecule has 1 fully saturated rings. The maximum atomic E-state index is 11.7. The van der Waals surface area contributed by atoms with Gasteiger partial charge in [0.1, 0.15) is 5.25 Å². The Morgan fingerprint density at radius 2 is 1.93 bits per heavy atom. The molecule has 0 spiro atoms. The smallest absolute Gasteiger partial charge is 0.334 e. The van der Waals surface area contributed by atoms with Crippen LogP contribution < -0.4 is 5.32 Å². The van der Waals surface area contributed by atoms with E-state index in [0.717, 1.165) is 0 Å². The first kappa shape index (κ1) is 22.6. The Balaban J connectivity index is 1.50. The molecule has 2 aliphatic heterocycles. The Morgan fingerprint density at radius 3 is 2.54 bits per heavy atom. The molecule has 0 aromatic heterocycles. The number of nitrogens with zero attached hydrogens (tertiary/aromatic N) is 3. The van der Waals surface area contributed by atoms with Crippen molar-refractivity contribution in [3.05, 3.63) is 0 Å². The van der Waals surface area contributed by atoms with Gasteiger partial charge in [-0.15, -0.1) is 5.06 Å². The van der Waals surface area contributed by atoms with Crippen LogP contribution in [0.15, 0.2) is 10.2 Å². The van der Waals surface area contributed by atoms with Crippen LogP contribution in [-0.2, 0) is 34.7 Å².